The lowest BCUT2D eigenvalue weighted by Crippen LogP contribution is -2.32. The van der Waals surface area contributed by atoms with E-state index in [2.05, 4.69) is 4.98 Å². The fourth-order valence-corrected chi connectivity index (χ4v) is 2.73. The standard InChI is InChI=1S/C14H13FN2OS/c15-13-8-10(5-6-16-13)14(18)17(11-3-4-11)9-12-2-1-7-19-12/h1-2,5-8,11H,3-4,9H2. The van der Waals surface area contributed by atoms with Crippen molar-refractivity contribution in [3.8, 4) is 0 Å². The maximum absolute atomic E-state index is 13.1. The summed E-state index contributed by atoms with van der Waals surface area (Å²) in [6.45, 7) is 0.602. The predicted molar refractivity (Wildman–Crippen MR) is 71.4 cm³/mol. The summed E-state index contributed by atoms with van der Waals surface area (Å²) in [4.78, 5) is 18.9. The maximum Gasteiger partial charge on any atom is 0.254 e. The first-order chi connectivity index (χ1) is 9.24. The molecule has 0 N–H and O–H groups in total. The quantitative estimate of drug-likeness (QED) is 0.804. The summed E-state index contributed by atoms with van der Waals surface area (Å²) in [5.74, 6) is -0.727. The number of pyridine rings is 1. The summed E-state index contributed by atoms with van der Waals surface area (Å²) in [6.07, 6.45) is 3.40. The van der Waals surface area contributed by atoms with Crippen LogP contribution in [0.5, 0.6) is 0 Å². The Hall–Kier alpha value is -1.75. The highest BCUT2D eigenvalue weighted by Crippen LogP contribution is 2.30. The Morgan fingerprint density at radius 3 is 2.95 bits per heavy atom. The van der Waals surface area contributed by atoms with E-state index in [0.717, 1.165) is 17.7 Å². The third-order valence-corrected chi connectivity index (χ3v) is 3.99. The van der Waals surface area contributed by atoms with E-state index in [4.69, 9.17) is 0 Å². The average molecular weight is 276 g/mol. The minimum Gasteiger partial charge on any atom is -0.331 e. The lowest BCUT2D eigenvalue weighted by atomic mass is 10.2. The van der Waals surface area contributed by atoms with E-state index in [9.17, 15) is 9.18 Å². The van der Waals surface area contributed by atoms with Crippen LogP contribution in [0.4, 0.5) is 4.39 Å². The zero-order valence-corrected chi connectivity index (χ0v) is 11.1. The van der Waals surface area contributed by atoms with Gasteiger partial charge in [-0.2, -0.15) is 4.39 Å². The summed E-state index contributed by atoms with van der Waals surface area (Å²) in [6, 6.07) is 7.05. The van der Waals surface area contributed by atoms with Gasteiger partial charge in [-0.1, -0.05) is 6.07 Å². The van der Waals surface area contributed by atoms with Crippen LogP contribution in [0.3, 0.4) is 0 Å². The number of carbonyl (C=O) groups is 1. The molecule has 19 heavy (non-hydrogen) atoms. The Kier molecular flexibility index (Phi) is 3.29. The van der Waals surface area contributed by atoms with Gasteiger partial charge in [-0.25, -0.2) is 4.98 Å². The molecule has 1 fully saturated rings. The van der Waals surface area contributed by atoms with Gasteiger partial charge in [0, 0.05) is 28.7 Å². The molecule has 2 aromatic heterocycles. The molecule has 0 aliphatic heterocycles. The molecule has 1 aliphatic rings. The minimum atomic E-state index is -0.613. The number of rotatable bonds is 4. The van der Waals surface area contributed by atoms with Gasteiger partial charge in [-0.05, 0) is 30.4 Å². The van der Waals surface area contributed by atoms with Crippen LogP contribution in [-0.4, -0.2) is 21.8 Å². The number of carbonyl (C=O) groups excluding carboxylic acids is 1. The van der Waals surface area contributed by atoms with Crippen molar-refractivity contribution in [1.82, 2.24) is 9.88 Å². The molecular weight excluding hydrogens is 263 g/mol. The molecule has 0 spiro atoms. The number of hydrogen-bond acceptors (Lipinski definition) is 3. The van der Waals surface area contributed by atoms with Crippen molar-refractivity contribution >= 4 is 17.2 Å². The molecule has 1 amide bonds. The molecular formula is C14H13FN2OS. The van der Waals surface area contributed by atoms with Crippen molar-refractivity contribution < 1.29 is 9.18 Å². The van der Waals surface area contributed by atoms with E-state index < -0.39 is 5.95 Å². The molecule has 3 nitrogen and oxygen atoms in total. The topological polar surface area (TPSA) is 33.2 Å². The Balaban J connectivity index is 1.82. The highest BCUT2D eigenvalue weighted by molar-refractivity contribution is 7.09. The summed E-state index contributed by atoms with van der Waals surface area (Å²) >= 11 is 1.63. The second-order valence-electron chi connectivity index (χ2n) is 4.61. The fraction of sp³-hybridized carbons (Fsp3) is 0.286. The molecule has 3 rings (SSSR count). The molecule has 0 atom stereocenters. The van der Waals surface area contributed by atoms with Crippen LogP contribution < -0.4 is 0 Å². The van der Waals surface area contributed by atoms with Gasteiger partial charge >= 0.3 is 0 Å². The van der Waals surface area contributed by atoms with Crippen LogP contribution in [0.2, 0.25) is 0 Å². The summed E-state index contributed by atoms with van der Waals surface area (Å²) in [5, 5.41) is 2.00. The van der Waals surface area contributed by atoms with Crippen molar-refractivity contribution in [2.24, 2.45) is 0 Å². The van der Waals surface area contributed by atoms with Gasteiger partial charge in [0.05, 0.1) is 6.54 Å². The normalized spacial score (nSPS) is 14.4. The second-order valence-corrected chi connectivity index (χ2v) is 5.64. The molecule has 5 heteroatoms. The van der Waals surface area contributed by atoms with Gasteiger partial charge in [0.15, 0.2) is 0 Å². The van der Waals surface area contributed by atoms with E-state index >= 15 is 0 Å². The highest BCUT2D eigenvalue weighted by Gasteiger charge is 2.33. The van der Waals surface area contributed by atoms with E-state index in [1.54, 1.807) is 17.4 Å². The Labute approximate surface area is 114 Å². The molecule has 1 aliphatic carbocycles. The number of thiophene rings is 1. The molecule has 0 aromatic carbocycles. The van der Waals surface area contributed by atoms with Crippen molar-refractivity contribution in [2.45, 2.75) is 25.4 Å². The second kappa shape index (κ2) is 5.09. The van der Waals surface area contributed by atoms with Crippen LogP contribution in [0.25, 0.3) is 0 Å². The average Bonchev–Trinajstić information content (AvgIpc) is 3.12. The van der Waals surface area contributed by atoms with Crippen molar-refractivity contribution in [1.29, 1.82) is 0 Å². The lowest BCUT2D eigenvalue weighted by Gasteiger charge is -2.21. The van der Waals surface area contributed by atoms with E-state index in [1.807, 2.05) is 22.4 Å². The van der Waals surface area contributed by atoms with Gasteiger partial charge in [0.1, 0.15) is 0 Å². The minimum absolute atomic E-state index is 0.114. The Morgan fingerprint density at radius 1 is 1.47 bits per heavy atom. The van der Waals surface area contributed by atoms with Gasteiger partial charge in [-0.3, -0.25) is 4.79 Å². The Bertz CT molecular complexity index is 581. The zero-order valence-electron chi connectivity index (χ0n) is 10.3. The zero-order chi connectivity index (χ0) is 13.2. The third-order valence-electron chi connectivity index (χ3n) is 3.13. The summed E-state index contributed by atoms with van der Waals surface area (Å²) in [7, 11) is 0. The summed E-state index contributed by atoms with van der Waals surface area (Å²) in [5.41, 5.74) is 0.371. The predicted octanol–water partition coefficient (Wildman–Crippen LogP) is 3.09. The first-order valence-electron chi connectivity index (χ1n) is 6.19. The lowest BCUT2D eigenvalue weighted by molar-refractivity contribution is 0.0731. The third kappa shape index (κ3) is 2.81. The van der Waals surface area contributed by atoms with Gasteiger partial charge in [-0.15, -0.1) is 11.3 Å². The van der Waals surface area contributed by atoms with Crippen LogP contribution in [0, 0.1) is 5.95 Å². The van der Waals surface area contributed by atoms with Crippen LogP contribution in [-0.2, 0) is 6.54 Å². The number of hydrogen-bond donors (Lipinski definition) is 0. The van der Waals surface area contributed by atoms with E-state index in [1.165, 1.54) is 12.3 Å². The smallest absolute Gasteiger partial charge is 0.254 e. The van der Waals surface area contributed by atoms with Crippen molar-refractivity contribution in [2.75, 3.05) is 0 Å². The fourth-order valence-electron chi connectivity index (χ4n) is 2.02. The number of halogens is 1. The van der Waals surface area contributed by atoms with Crippen molar-refractivity contribution in [3.05, 3.63) is 52.2 Å². The first kappa shape index (κ1) is 12.3. The maximum atomic E-state index is 13.1. The Morgan fingerprint density at radius 2 is 2.32 bits per heavy atom. The molecule has 0 unspecified atom stereocenters. The molecule has 0 saturated heterocycles. The number of aromatic nitrogens is 1. The number of nitrogens with zero attached hydrogens (tertiary/aromatic N) is 2. The van der Waals surface area contributed by atoms with Crippen molar-refractivity contribution in [3.63, 3.8) is 0 Å². The van der Waals surface area contributed by atoms with Crippen LogP contribution in [0.15, 0.2) is 35.8 Å². The SMILES string of the molecule is O=C(c1ccnc(F)c1)N(Cc1cccs1)C1CC1. The largest absolute Gasteiger partial charge is 0.331 e. The van der Waals surface area contributed by atoms with E-state index in [-0.39, 0.29) is 5.91 Å². The van der Waals surface area contributed by atoms with Gasteiger partial charge in [0.25, 0.3) is 5.91 Å². The first-order valence-corrected chi connectivity index (χ1v) is 7.07. The van der Waals surface area contributed by atoms with Crippen LogP contribution in [0.1, 0.15) is 28.1 Å². The molecule has 1 saturated carbocycles. The van der Waals surface area contributed by atoms with E-state index in [0.29, 0.717) is 18.2 Å². The molecule has 2 aromatic rings. The molecule has 2 heterocycles. The summed E-state index contributed by atoms with van der Waals surface area (Å²) < 4.78 is 13.1. The molecule has 0 radical (unpaired) electrons. The van der Waals surface area contributed by atoms with Gasteiger partial charge in [0.2, 0.25) is 5.95 Å². The van der Waals surface area contributed by atoms with Crippen LogP contribution >= 0.6 is 11.3 Å². The highest BCUT2D eigenvalue weighted by atomic mass is 32.1. The van der Waals surface area contributed by atoms with Gasteiger partial charge < -0.3 is 4.90 Å². The molecule has 0 bridgehead atoms. The number of amides is 1. The monoisotopic (exact) mass is 276 g/mol. The molecule has 98 valence electrons.